The maximum absolute atomic E-state index is 11.1. The van der Waals surface area contributed by atoms with Crippen molar-refractivity contribution in [1.82, 2.24) is 0 Å². The molecule has 0 aliphatic carbocycles. The van der Waals surface area contributed by atoms with Crippen LogP contribution in [0.5, 0.6) is 0 Å². The van der Waals surface area contributed by atoms with Crippen LogP contribution in [-0.4, -0.2) is 20.1 Å². The Labute approximate surface area is 82.7 Å². The first-order valence-electron chi connectivity index (χ1n) is 3.95. The van der Waals surface area contributed by atoms with E-state index in [9.17, 15) is 8.42 Å². The third kappa shape index (κ3) is 2.66. The van der Waals surface area contributed by atoms with Crippen molar-refractivity contribution in [3.63, 3.8) is 0 Å². The molecule has 0 fully saturated rings. The molecule has 0 aromatic heterocycles. The Morgan fingerprint density at radius 2 is 2.00 bits per heavy atom. The van der Waals surface area contributed by atoms with E-state index in [0.717, 1.165) is 0 Å². The Hall–Kier alpha value is -1.17. The molecule has 0 heterocycles. The van der Waals surface area contributed by atoms with Gasteiger partial charge in [-0.2, -0.15) is 0 Å². The summed E-state index contributed by atoms with van der Waals surface area (Å²) in [6, 6.07) is 6.33. The number of hydrogen-bond donors (Lipinski definition) is 2. The normalized spacial score (nSPS) is 12.1. The number of primary sulfonamides is 1. The van der Waals surface area contributed by atoms with Crippen molar-refractivity contribution in [3.8, 4) is 0 Å². The Morgan fingerprint density at radius 3 is 2.57 bits per heavy atom. The van der Waals surface area contributed by atoms with Gasteiger partial charge in [0.2, 0.25) is 10.0 Å². The molecule has 0 amide bonds. The van der Waals surface area contributed by atoms with E-state index >= 15 is 0 Å². The number of benzene rings is 1. The summed E-state index contributed by atoms with van der Waals surface area (Å²) in [6.07, 6.45) is 2.96. The summed E-state index contributed by atoms with van der Waals surface area (Å²) in [5.74, 6) is 0. The summed E-state index contributed by atoms with van der Waals surface area (Å²) in [5.41, 5.74) is 0.476. The Morgan fingerprint density at radius 1 is 1.36 bits per heavy atom. The van der Waals surface area contributed by atoms with Crippen molar-refractivity contribution in [3.05, 3.63) is 35.9 Å². The molecule has 0 atom stereocenters. The average Bonchev–Trinajstić information content (AvgIpc) is 2.14. The summed E-state index contributed by atoms with van der Waals surface area (Å²) < 4.78 is 22.2. The van der Waals surface area contributed by atoms with Crippen molar-refractivity contribution in [1.29, 1.82) is 0 Å². The fourth-order valence-corrected chi connectivity index (χ4v) is 1.79. The molecule has 14 heavy (non-hydrogen) atoms. The molecule has 0 saturated carbocycles. The van der Waals surface area contributed by atoms with Gasteiger partial charge in [0.25, 0.3) is 0 Å². The van der Waals surface area contributed by atoms with Crippen molar-refractivity contribution in [2.24, 2.45) is 5.14 Å². The second-order valence-corrected chi connectivity index (χ2v) is 4.20. The third-order valence-electron chi connectivity index (χ3n) is 1.63. The minimum atomic E-state index is -3.70. The smallest absolute Gasteiger partial charge is 0.238 e. The second kappa shape index (κ2) is 4.36. The predicted octanol–water partition coefficient (Wildman–Crippen LogP) is 0.340. The number of hydrogen-bond acceptors (Lipinski definition) is 3. The van der Waals surface area contributed by atoms with Gasteiger partial charge in [-0.1, -0.05) is 30.4 Å². The number of sulfonamides is 1. The zero-order valence-corrected chi connectivity index (χ0v) is 8.24. The highest BCUT2D eigenvalue weighted by Gasteiger charge is 2.10. The highest BCUT2D eigenvalue weighted by molar-refractivity contribution is 7.89. The maximum atomic E-state index is 11.1. The van der Waals surface area contributed by atoms with Crippen molar-refractivity contribution in [2.45, 2.75) is 4.90 Å². The topological polar surface area (TPSA) is 80.4 Å². The van der Waals surface area contributed by atoms with Gasteiger partial charge >= 0.3 is 0 Å². The minimum Gasteiger partial charge on any atom is -0.392 e. The average molecular weight is 213 g/mol. The lowest BCUT2D eigenvalue weighted by molar-refractivity contribution is 0.343. The molecule has 0 spiro atoms. The maximum Gasteiger partial charge on any atom is 0.238 e. The molecular formula is C9H11NO3S. The van der Waals surface area contributed by atoms with Gasteiger partial charge in [-0.3, -0.25) is 0 Å². The first kappa shape index (κ1) is 10.9. The van der Waals surface area contributed by atoms with Gasteiger partial charge in [-0.05, 0) is 11.6 Å². The Kier molecular flexibility index (Phi) is 3.40. The van der Waals surface area contributed by atoms with Gasteiger partial charge in [0.05, 0.1) is 11.5 Å². The molecule has 76 valence electrons. The van der Waals surface area contributed by atoms with Crippen LogP contribution >= 0.6 is 0 Å². The summed E-state index contributed by atoms with van der Waals surface area (Å²) in [6.45, 7) is -0.140. The largest absolute Gasteiger partial charge is 0.392 e. The van der Waals surface area contributed by atoms with Crippen LogP contribution in [0.1, 0.15) is 5.56 Å². The van der Waals surface area contributed by atoms with Crippen LogP contribution in [0.2, 0.25) is 0 Å². The summed E-state index contributed by atoms with van der Waals surface area (Å²) in [7, 11) is -3.70. The number of aliphatic hydroxyl groups excluding tert-OH is 1. The molecule has 4 nitrogen and oxygen atoms in total. The molecule has 0 radical (unpaired) electrons. The summed E-state index contributed by atoms with van der Waals surface area (Å²) >= 11 is 0. The lowest BCUT2D eigenvalue weighted by atomic mass is 10.2. The molecule has 0 aliphatic heterocycles. The number of nitrogens with two attached hydrogens (primary N) is 1. The van der Waals surface area contributed by atoms with E-state index in [4.69, 9.17) is 10.2 Å². The molecular weight excluding hydrogens is 202 g/mol. The van der Waals surface area contributed by atoms with Crippen LogP contribution in [0.4, 0.5) is 0 Å². The van der Waals surface area contributed by atoms with E-state index in [2.05, 4.69) is 0 Å². The molecule has 3 N–H and O–H groups in total. The van der Waals surface area contributed by atoms with Crippen LogP contribution in [0.15, 0.2) is 35.2 Å². The van der Waals surface area contributed by atoms with Gasteiger partial charge in [-0.15, -0.1) is 0 Å². The van der Waals surface area contributed by atoms with E-state index in [1.54, 1.807) is 18.2 Å². The number of aliphatic hydroxyl groups is 1. The van der Waals surface area contributed by atoms with E-state index in [1.165, 1.54) is 18.2 Å². The summed E-state index contributed by atoms with van der Waals surface area (Å²) in [4.78, 5) is 0.0599. The van der Waals surface area contributed by atoms with Crippen LogP contribution in [0, 0.1) is 0 Å². The zero-order chi connectivity index (χ0) is 10.6. The fraction of sp³-hybridized carbons (Fsp3) is 0.111. The predicted molar refractivity (Wildman–Crippen MR) is 53.9 cm³/mol. The molecule has 1 aromatic carbocycles. The highest BCUT2D eigenvalue weighted by Crippen LogP contribution is 2.14. The molecule has 0 bridgehead atoms. The minimum absolute atomic E-state index is 0.0599. The molecule has 0 unspecified atom stereocenters. The molecule has 1 rings (SSSR count). The quantitative estimate of drug-likeness (QED) is 0.759. The van der Waals surface area contributed by atoms with Gasteiger partial charge in [0, 0.05) is 0 Å². The molecule has 0 aliphatic rings. The molecule has 5 heteroatoms. The highest BCUT2D eigenvalue weighted by atomic mass is 32.2. The second-order valence-electron chi connectivity index (χ2n) is 2.67. The van der Waals surface area contributed by atoms with Crippen LogP contribution in [0.3, 0.4) is 0 Å². The lowest BCUT2D eigenvalue weighted by Crippen LogP contribution is -2.13. The van der Waals surface area contributed by atoms with Crippen molar-refractivity contribution < 1.29 is 13.5 Å². The SMILES string of the molecule is NS(=O)(=O)c1ccccc1/C=C/CO. The van der Waals surface area contributed by atoms with Crippen molar-refractivity contribution >= 4 is 16.1 Å². The fourth-order valence-electron chi connectivity index (χ4n) is 1.06. The van der Waals surface area contributed by atoms with Gasteiger partial charge in [0.1, 0.15) is 0 Å². The Balaban J connectivity index is 3.24. The van der Waals surface area contributed by atoms with E-state index in [-0.39, 0.29) is 11.5 Å². The van der Waals surface area contributed by atoms with E-state index in [0.29, 0.717) is 5.56 Å². The standard InChI is InChI=1S/C9H11NO3S/c10-14(12,13)9-6-2-1-4-8(9)5-3-7-11/h1-6,11H,7H2,(H2,10,12,13)/b5-3+. The monoisotopic (exact) mass is 213 g/mol. The third-order valence-corrected chi connectivity index (χ3v) is 2.61. The van der Waals surface area contributed by atoms with Gasteiger partial charge < -0.3 is 5.11 Å². The molecule has 0 saturated heterocycles. The van der Waals surface area contributed by atoms with Crippen LogP contribution in [0.25, 0.3) is 6.08 Å². The number of rotatable bonds is 3. The van der Waals surface area contributed by atoms with E-state index < -0.39 is 10.0 Å². The van der Waals surface area contributed by atoms with Gasteiger partial charge in [-0.25, -0.2) is 13.6 Å². The van der Waals surface area contributed by atoms with Crippen molar-refractivity contribution in [2.75, 3.05) is 6.61 Å². The Bertz CT molecular complexity index is 437. The summed E-state index contributed by atoms with van der Waals surface area (Å²) in [5, 5.41) is 13.6. The molecule has 1 aromatic rings. The van der Waals surface area contributed by atoms with Gasteiger partial charge in [0.15, 0.2) is 0 Å². The van der Waals surface area contributed by atoms with E-state index in [1.807, 2.05) is 0 Å². The lowest BCUT2D eigenvalue weighted by Gasteiger charge is -2.01. The van der Waals surface area contributed by atoms with Crippen LogP contribution < -0.4 is 5.14 Å². The first-order valence-corrected chi connectivity index (χ1v) is 5.49. The zero-order valence-electron chi connectivity index (χ0n) is 7.42. The van der Waals surface area contributed by atoms with Crippen LogP contribution in [-0.2, 0) is 10.0 Å². The first-order chi connectivity index (χ1) is 6.55.